The van der Waals surface area contributed by atoms with Crippen molar-refractivity contribution in [3.05, 3.63) is 120 Å². The number of methoxy groups -OCH3 is 2. The Hall–Kier alpha value is -5.52. The van der Waals surface area contributed by atoms with Crippen molar-refractivity contribution in [2.75, 3.05) is 36.9 Å². The zero-order chi connectivity index (χ0) is 33.6. The van der Waals surface area contributed by atoms with Crippen LogP contribution in [0.25, 0.3) is 22.3 Å². The molecule has 6 rings (SSSR count). The van der Waals surface area contributed by atoms with Crippen LogP contribution in [0.4, 0.5) is 17.3 Å². The van der Waals surface area contributed by atoms with Gasteiger partial charge in [0.05, 0.1) is 19.8 Å². The quantitative estimate of drug-likeness (QED) is 0.0844. The molecule has 10 nitrogen and oxygen atoms in total. The van der Waals surface area contributed by atoms with Crippen LogP contribution >= 0.6 is 11.7 Å². The van der Waals surface area contributed by atoms with E-state index in [2.05, 4.69) is 60.2 Å². The Balaban J connectivity index is 1.40. The van der Waals surface area contributed by atoms with Gasteiger partial charge < -0.3 is 25.8 Å². The van der Waals surface area contributed by atoms with Crippen molar-refractivity contribution in [1.29, 1.82) is 0 Å². The highest BCUT2D eigenvalue weighted by molar-refractivity contribution is 6.96. The molecular weight excluding hydrogens is 623 g/mol. The van der Waals surface area contributed by atoms with Gasteiger partial charge in [0.2, 0.25) is 5.91 Å². The predicted octanol–water partition coefficient (Wildman–Crippen LogP) is 6.34. The monoisotopic (exact) mass is 662 g/mol. The smallest absolute Gasteiger partial charge is 0.261 e. The van der Waals surface area contributed by atoms with E-state index < -0.39 is 0 Å². The number of rotatable bonds is 13. The molecular formula is C37H40N7O3S+. The van der Waals surface area contributed by atoms with Crippen LogP contribution in [-0.4, -0.2) is 31.0 Å². The van der Waals surface area contributed by atoms with Crippen molar-refractivity contribution in [2.45, 2.75) is 26.3 Å². The maximum absolute atomic E-state index is 11.7. The molecule has 3 aromatic carbocycles. The number of fused-ring (bicyclic) bond motifs is 2. The molecule has 0 radical (unpaired) electrons. The molecule has 4 aromatic rings. The Labute approximate surface area is 284 Å². The number of hydrogen-bond donors (Lipinski definition) is 4. The van der Waals surface area contributed by atoms with Crippen LogP contribution in [-0.2, 0) is 17.8 Å². The molecule has 3 heterocycles. The lowest BCUT2D eigenvalue weighted by Gasteiger charge is -2.16. The molecule has 5 N–H and O–H groups in total. The standard InChI is InChI=1S/C37H39N7O3S/c1-25(45)41-30-14-11-27(12-15-30)37-32-17-20-35(40-23-28-22-31(46-3)16-19-34(28)47-4)43(32)48-44-33(37)18-21-36(44)42(39-2)24-29(38)13-10-26-8-6-5-7-9-26/h5-9,11-12,14-22,24,39H,10,13,23,38H2,1-4H3,(H,40,41,45)/p+1. The minimum atomic E-state index is -0.108. The second-order valence-electron chi connectivity index (χ2n) is 11.3. The SMILES string of the molecule is CNN(C=C(N)CCc1ccccc1)c1ccc2c(-c3ccc(NC(C)=O)cc3)c3ccc(NCc4cc(OC)ccc4OC)n3s[n+]1-2. The lowest BCUT2D eigenvalue weighted by atomic mass is 10.0. The van der Waals surface area contributed by atoms with E-state index in [-0.39, 0.29) is 5.91 Å². The Morgan fingerprint density at radius 3 is 2.48 bits per heavy atom. The van der Waals surface area contributed by atoms with Crippen LogP contribution in [0, 0.1) is 0 Å². The first-order valence-electron chi connectivity index (χ1n) is 15.7. The maximum atomic E-state index is 11.7. The van der Waals surface area contributed by atoms with E-state index in [0.29, 0.717) is 6.54 Å². The highest BCUT2D eigenvalue weighted by Gasteiger charge is 2.28. The molecule has 0 atom stereocenters. The summed E-state index contributed by atoms with van der Waals surface area (Å²) in [6.07, 6.45) is 3.53. The van der Waals surface area contributed by atoms with Crippen molar-refractivity contribution in [3.8, 4) is 28.3 Å². The van der Waals surface area contributed by atoms with Crippen molar-refractivity contribution < 1.29 is 18.2 Å². The van der Waals surface area contributed by atoms with Gasteiger partial charge in [-0.25, -0.2) is 0 Å². The van der Waals surface area contributed by atoms with Crippen LogP contribution in [0.1, 0.15) is 24.5 Å². The molecule has 1 amide bonds. The molecule has 0 spiro atoms. The summed E-state index contributed by atoms with van der Waals surface area (Å²) in [7, 11) is 5.21. The first-order valence-corrected chi connectivity index (χ1v) is 16.4. The van der Waals surface area contributed by atoms with Gasteiger partial charge in [0.15, 0.2) is 17.5 Å². The Bertz CT molecular complexity index is 2020. The number of nitrogens with zero attached hydrogens (tertiary/aromatic N) is 3. The number of aryl methyl sites for hydroxylation is 1. The van der Waals surface area contributed by atoms with Gasteiger partial charge in [0.1, 0.15) is 28.9 Å². The van der Waals surface area contributed by atoms with Crippen molar-refractivity contribution in [3.63, 3.8) is 0 Å². The van der Waals surface area contributed by atoms with Crippen molar-refractivity contribution in [1.82, 2.24) is 9.22 Å². The Kier molecular flexibility index (Phi) is 9.79. The molecule has 0 bridgehead atoms. The molecule has 0 saturated heterocycles. The number of hydrogen-bond acceptors (Lipinski definition) is 8. The van der Waals surface area contributed by atoms with Gasteiger partial charge >= 0.3 is 0 Å². The third-order valence-corrected chi connectivity index (χ3v) is 9.20. The Morgan fingerprint density at radius 2 is 1.77 bits per heavy atom. The fourth-order valence-electron chi connectivity index (χ4n) is 5.73. The first-order chi connectivity index (χ1) is 23.4. The van der Waals surface area contributed by atoms with Gasteiger partial charge in [-0.3, -0.25) is 4.79 Å². The van der Waals surface area contributed by atoms with Gasteiger partial charge in [0.25, 0.3) is 5.82 Å². The number of ether oxygens (including phenoxy) is 2. The predicted molar refractivity (Wildman–Crippen MR) is 193 cm³/mol. The third-order valence-electron chi connectivity index (χ3n) is 8.10. The normalized spacial score (nSPS) is 11.5. The largest absolute Gasteiger partial charge is 0.497 e. The number of allylic oxidation sites excluding steroid dienone is 1. The van der Waals surface area contributed by atoms with Crippen molar-refractivity contribution in [2.24, 2.45) is 5.73 Å². The Morgan fingerprint density at radius 1 is 0.979 bits per heavy atom. The molecule has 2 aliphatic rings. The lowest BCUT2D eigenvalue weighted by Crippen LogP contribution is -2.41. The summed E-state index contributed by atoms with van der Waals surface area (Å²) in [5.74, 6) is 3.27. The summed E-state index contributed by atoms with van der Waals surface area (Å²) in [6, 6.07) is 32.5. The zero-order valence-corrected chi connectivity index (χ0v) is 28.3. The van der Waals surface area contributed by atoms with E-state index in [0.717, 1.165) is 75.3 Å². The summed E-state index contributed by atoms with van der Waals surface area (Å²) in [5.41, 5.74) is 17.8. The summed E-state index contributed by atoms with van der Waals surface area (Å²) in [4.78, 5) is 11.7. The topological polar surface area (TPSA) is 109 Å². The molecule has 11 heteroatoms. The number of amides is 1. The lowest BCUT2D eigenvalue weighted by molar-refractivity contribution is -0.505. The molecule has 246 valence electrons. The van der Waals surface area contributed by atoms with Gasteiger partial charge in [-0.05, 0) is 72.5 Å². The van der Waals surface area contributed by atoms with E-state index >= 15 is 0 Å². The maximum Gasteiger partial charge on any atom is 0.261 e. The van der Waals surface area contributed by atoms with Crippen LogP contribution in [0.2, 0.25) is 0 Å². The van der Waals surface area contributed by atoms with Crippen LogP contribution in [0.3, 0.4) is 0 Å². The molecule has 1 aromatic heterocycles. The highest BCUT2D eigenvalue weighted by atomic mass is 32.1. The number of carbonyl (C=O) groups is 1. The van der Waals surface area contributed by atoms with E-state index in [4.69, 9.17) is 15.2 Å². The van der Waals surface area contributed by atoms with E-state index in [1.54, 1.807) is 25.9 Å². The first kappa shape index (κ1) is 32.4. The molecule has 0 fully saturated rings. The number of anilines is 3. The van der Waals surface area contributed by atoms with Gasteiger partial charge in [-0.15, -0.1) is 3.96 Å². The molecule has 0 unspecified atom stereocenters. The van der Waals surface area contributed by atoms with E-state index in [1.807, 2.05) is 78.9 Å². The average Bonchev–Trinajstić information content (AvgIpc) is 3.72. The number of carbonyl (C=O) groups excluding carboxylic acids is 1. The van der Waals surface area contributed by atoms with Gasteiger partial charge in [0, 0.05) is 43.5 Å². The second-order valence-corrected chi connectivity index (χ2v) is 12.2. The fourth-order valence-corrected chi connectivity index (χ4v) is 6.82. The number of benzene rings is 3. The van der Waals surface area contributed by atoms with Gasteiger partial charge in [-0.1, -0.05) is 42.5 Å². The molecule has 48 heavy (non-hydrogen) atoms. The van der Waals surface area contributed by atoms with Crippen molar-refractivity contribution >= 4 is 40.5 Å². The average molecular weight is 663 g/mol. The molecule has 0 saturated carbocycles. The summed E-state index contributed by atoms with van der Waals surface area (Å²) < 4.78 is 15.5. The summed E-state index contributed by atoms with van der Waals surface area (Å²) in [6.45, 7) is 2.04. The minimum absolute atomic E-state index is 0.108. The zero-order valence-electron chi connectivity index (χ0n) is 27.5. The second kappa shape index (κ2) is 14.5. The minimum Gasteiger partial charge on any atom is -0.497 e. The van der Waals surface area contributed by atoms with E-state index in [1.165, 1.54) is 12.5 Å². The fraction of sp³-hybridized carbons (Fsp3) is 0.189. The number of hydrazine groups is 1. The van der Waals surface area contributed by atoms with Gasteiger partial charge in [-0.2, -0.15) is 14.2 Å². The highest BCUT2D eigenvalue weighted by Crippen LogP contribution is 2.36. The third kappa shape index (κ3) is 6.92. The number of nitrogens with two attached hydrogens (primary N) is 1. The number of nitrogens with one attached hydrogen (secondary N) is 3. The summed E-state index contributed by atoms with van der Waals surface area (Å²) >= 11 is 1.58. The molecule has 0 aliphatic carbocycles. The van der Waals surface area contributed by atoms with Crippen LogP contribution in [0.5, 0.6) is 11.5 Å². The van der Waals surface area contributed by atoms with E-state index in [9.17, 15) is 4.79 Å². The van der Waals surface area contributed by atoms with Crippen LogP contribution < -0.4 is 40.2 Å². The molecule has 2 aliphatic heterocycles. The summed E-state index contributed by atoms with van der Waals surface area (Å²) in [5, 5.41) is 8.44. The van der Waals surface area contributed by atoms with Crippen LogP contribution in [0.15, 0.2) is 109 Å². The number of aromatic nitrogens is 2.